The molecule has 116 valence electrons. The third-order valence-electron chi connectivity index (χ3n) is 3.06. The first-order chi connectivity index (χ1) is 9.63. The summed E-state index contributed by atoms with van der Waals surface area (Å²) in [6, 6.07) is 3.05. The molecule has 0 aliphatic heterocycles. The number of thioether (sulfide) groups is 1. The van der Waals surface area contributed by atoms with E-state index >= 15 is 0 Å². The SMILES string of the molecule is Cc1ccc(F)cc1NC(=O)CSC(C)(C)[C@@H](N)C(=O)O. The number of carboxylic acid groups (broad SMARTS) is 1. The molecule has 7 heteroatoms. The van der Waals surface area contributed by atoms with Crippen LogP contribution in [-0.4, -0.2) is 33.5 Å². The van der Waals surface area contributed by atoms with Crippen LogP contribution in [0, 0.1) is 12.7 Å². The largest absolute Gasteiger partial charge is 0.480 e. The summed E-state index contributed by atoms with van der Waals surface area (Å²) in [6.07, 6.45) is 0. The van der Waals surface area contributed by atoms with Gasteiger partial charge in [-0.15, -0.1) is 11.8 Å². The Labute approximate surface area is 127 Å². The fraction of sp³-hybridized carbons (Fsp3) is 0.429. The third kappa shape index (κ3) is 5.02. The van der Waals surface area contributed by atoms with E-state index in [0.29, 0.717) is 5.69 Å². The zero-order valence-corrected chi connectivity index (χ0v) is 13.0. The van der Waals surface area contributed by atoms with Crippen LogP contribution in [0.2, 0.25) is 0 Å². The number of aryl methyl sites for hydroxylation is 1. The number of aliphatic carboxylic acids is 1. The molecule has 0 spiro atoms. The van der Waals surface area contributed by atoms with Crippen molar-refractivity contribution in [2.75, 3.05) is 11.1 Å². The summed E-state index contributed by atoms with van der Waals surface area (Å²) in [5.41, 5.74) is 6.73. The smallest absolute Gasteiger partial charge is 0.321 e. The second-order valence-electron chi connectivity index (χ2n) is 5.22. The lowest BCUT2D eigenvalue weighted by molar-refractivity contribution is -0.139. The van der Waals surface area contributed by atoms with Gasteiger partial charge in [-0.2, -0.15) is 0 Å². The highest BCUT2D eigenvalue weighted by Crippen LogP contribution is 2.27. The molecule has 0 saturated heterocycles. The minimum absolute atomic E-state index is 0.0317. The van der Waals surface area contributed by atoms with Crippen LogP contribution in [-0.2, 0) is 9.59 Å². The van der Waals surface area contributed by atoms with Gasteiger partial charge in [0.25, 0.3) is 0 Å². The zero-order valence-electron chi connectivity index (χ0n) is 12.1. The molecule has 1 aromatic carbocycles. The molecule has 0 saturated carbocycles. The minimum atomic E-state index is -1.12. The molecular weight excluding hydrogens is 295 g/mol. The van der Waals surface area contributed by atoms with Crippen LogP contribution in [0.4, 0.5) is 10.1 Å². The minimum Gasteiger partial charge on any atom is -0.480 e. The van der Waals surface area contributed by atoms with Gasteiger partial charge in [0.1, 0.15) is 11.9 Å². The summed E-state index contributed by atoms with van der Waals surface area (Å²) in [6.45, 7) is 5.08. The van der Waals surface area contributed by atoms with Crippen molar-refractivity contribution in [2.45, 2.75) is 31.6 Å². The van der Waals surface area contributed by atoms with Gasteiger partial charge in [0.15, 0.2) is 0 Å². The van der Waals surface area contributed by atoms with Crippen LogP contribution in [0.25, 0.3) is 0 Å². The molecule has 1 rings (SSSR count). The van der Waals surface area contributed by atoms with Crippen molar-refractivity contribution in [3.05, 3.63) is 29.6 Å². The normalized spacial score (nSPS) is 12.8. The lowest BCUT2D eigenvalue weighted by Crippen LogP contribution is -2.47. The predicted octanol–water partition coefficient (Wildman–Crippen LogP) is 2.00. The second kappa shape index (κ2) is 6.91. The fourth-order valence-electron chi connectivity index (χ4n) is 1.55. The summed E-state index contributed by atoms with van der Waals surface area (Å²) in [4.78, 5) is 22.8. The molecular formula is C14H19FN2O3S. The average Bonchev–Trinajstić information content (AvgIpc) is 2.39. The standard InChI is InChI=1S/C14H19FN2O3S/c1-8-4-5-9(15)6-10(8)17-11(18)7-21-14(2,3)12(16)13(19)20/h4-6,12H,7,16H2,1-3H3,(H,17,18)(H,19,20)/t12-/m0/s1. The van der Waals surface area contributed by atoms with Crippen molar-refractivity contribution >= 4 is 29.3 Å². The van der Waals surface area contributed by atoms with Gasteiger partial charge in [-0.3, -0.25) is 9.59 Å². The summed E-state index contributed by atoms with van der Waals surface area (Å²) < 4.78 is 12.3. The number of amides is 1. The molecule has 0 fully saturated rings. The van der Waals surface area contributed by atoms with Crippen LogP contribution >= 0.6 is 11.8 Å². The van der Waals surface area contributed by atoms with Crippen molar-refractivity contribution in [1.82, 2.24) is 0 Å². The van der Waals surface area contributed by atoms with E-state index in [4.69, 9.17) is 10.8 Å². The number of carbonyl (C=O) groups excluding carboxylic acids is 1. The fourth-order valence-corrected chi connectivity index (χ4v) is 2.41. The molecule has 1 amide bonds. The number of hydrogen-bond acceptors (Lipinski definition) is 4. The van der Waals surface area contributed by atoms with Gasteiger partial charge in [-0.1, -0.05) is 6.07 Å². The highest BCUT2D eigenvalue weighted by Gasteiger charge is 2.33. The molecule has 0 radical (unpaired) electrons. The van der Waals surface area contributed by atoms with Crippen molar-refractivity contribution < 1.29 is 19.1 Å². The maximum Gasteiger partial charge on any atom is 0.321 e. The predicted molar refractivity (Wildman–Crippen MR) is 81.9 cm³/mol. The quantitative estimate of drug-likeness (QED) is 0.747. The Morgan fingerprint density at radius 2 is 2.10 bits per heavy atom. The number of hydrogen-bond donors (Lipinski definition) is 3. The van der Waals surface area contributed by atoms with Gasteiger partial charge in [0.05, 0.1) is 5.75 Å². The van der Waals surface area contributed by atoms with E-state index in [-0.39, 0.29) is 11.7 Å². The summed E-state index contributed by atoms with van der Waals surface area (Å²) in [7, 11) is 0. The highest BCUT2D eigenvalue weighted by molar-refractivity contribution is 8.01. The van der Waals surface area contributed by atoms with Crippen LogP contribution < -0.4 is 11.1 Å². The number of nitrogens with two attached hydrogens (primary N) is 1. The first kappa shape index (κ1) is 17.5. The van der Waals surface area contributed by atoms with Crippen molar-refractivity contribution in [1.29, 1.82) is 0 Å². The van der Waals surface area contributed by atoms with Crippen LogP contribution in [0.5, 0.6) is 0 Å². The first-order valence-corrected chi connectivity index (χ1v) is 7.30. The van der Waals surface area contributed by atoms with Crippen LogP contribution in [0.15, 0.2) is 18.2 Å². The maximum atomic E-state index is 13.1. The van der Waals surface area contributed by atoms with Gasteiger partial charge in [-0.25, -0.2) is 4.39 Å². The topological polar surface area (TPSA) is 92.4 Å². The lowest BCUT2D eigenvalue weighted by Gasteiger charge is -2.27. The summed E-state index contributed by atoms with van der Waals surface area (Å²) in [5.74, 6) is -1.85. The number of halogens is 1. The molecule has 0 heterocycles. The molecule has 0 unspecified atom stereocenters. The monoisotopic (exact) mass is 314 g/mol. The number of carboxylic acids is 1. The second-order valence-corrected chi connectivity index (χ2v) is 6.85. The van der Waals surface area contributed by atoms with Gasteiger partial charge in [0, 0.05) is 10.4 Å². The van der Waals surface area contributed by atoms with E-state index in [1.807, 2.05) is 0 Å². The Morgan fingerprint density at radius 1 is 1.48 bits per heavy atom. The van der Waals surface area contributed by atoms with Crippen molar-refractivity contribution in [3.63, 3.8) is 0 Å². The summed E-state index contributed by atoms with van der Waals surface area (Å²) >= 11 is 1.14. The molecule has 21 heavy (non-hydrogen) atoms. The molecule has 1 aromatic rings. The Kier molecular flexibility index (Phi) is 5.74. The van der Waals surface area contributed by atoms with Gasteiger partial charge < -0.3 is 16.2 Å². The first-order valence-electron chi connectivity index (χ1n) is 6.32. The molecule has 1 atom stereocenters. The number of benzene rings is 1. The number of anilines is 1. The van der Waals surface area contributed by atoms with Crippen molar-refractivity contribution in [3.8, 4) is 0 Å². The van der Waals surface area contributed by atoms with E-state index < -0.39 is 22.6 Å². The number of nitrogens with one attached hydrogen (secondary N) is 1. The van der Waals surface area contributed by atoms with E-state index in [9.17, 15) is 14.0 Å². The Morgan fingerprint density at radius 3 is 2.67 bits per heavy atom. The summed E-state index contributed by atoms with van der Waals surface area (Å²) in [5, 5.41) is 11.5. The van der Waals surface area contributed by atoms with Crippen LogP contribution in [0.3, 0.4) is 0 Å². The van der Waals surface area contributed by atoms with Crippen LogP contribution in [0.1, 0.15) is 19.4 Å². The van der Waals surface area contributed by atoms with Gasteiger partial charge >= 0.3 is 5.97 Å². The maximum absolute atomic E-state index is 13.1. The Bertz CT molecular complexity index is 549. The molecule has 0 aromatic heterocycles. The molecule has 0 bridgehead atoms. The zero-order chi connectivity index (χ0) is 16.2. The number of rotatable bonds is 6. The highest BCUT2D eigenvalue weighted by atomic mass is 32.2. The van der Waals surface area contributed by atoms with Gasteiger partial charge in [-0.05, 0) is 38.5 Å². The van der Waals surface area contributed by atoms with Crippen molar-refractivity contribution in [2.24, 2.45) is 5.73 Å². The van der Waals surface area contributed by atoms with E-state index in [0.717, 1.165) is 17.3 Å². The Hall–Kier alpha value is -1.60. The molecule has 4 N–H and O–H groups in total. The van der Waals surface area contributed by atoms with E-state index in [2.05, 4.69) is 5.32 Å². The molecule has 0 aliphatic rings. The molecule has 5 nitrogen and oxygen atoms in total. The lowest BCUT2D eigenvalue weighted by atomic mass is 10.1. The van der Waals surface area contributed by atoms with E-state index in [1.54, 1.807) is 26.8 Å². The average molecular weight is 314 g/mol. The third-order valence-corrected chi connectivity index (χ3v) is 4.47. The number of carbonyl (C=O) groups is 2. The van der Waals surface area contributed by atoms with E-state index in [1.165, 1.54) is 12.1 Å². The van der Waals surface area contributed by atoms with Gasteiger partial charge in [0.2, 0.25) is 5.91 Å². The Balaban J connectivity index is 2.62. The molecule has 0 aliphatic carbocycles.